The van der Waals surface area contributed by atoms with Gasteiger partial charge in [-0.2, -0.15) is 0 Å². The minimum atomic E-state index is -0.359. The number of hydrogen-bond acceptors (Lipinski definition) is 3. The number of rotatable bonds is 4. The molecular formula is C22H20ClN3O3. The molecule has 1 saturated heterocycles. The van der Waals surface area contributed by atoms with Gasteiger partial charge < -0.3 is 19.9 Å². The van der Waals surface area contributed by atoms with E-state index in [-0.39, 0.29) is 30.0 Å². The number of carbonyl (C=O) groups is 2. The zero-order valence-electron chi connectivity index (χ0n) is 15.8. The molecule has 2 aliphatic rings. The van der Waals surface area contributed by atoms with E-state index in [0.717, 1.165) is 22.0 Å². The smallest absolute Gasteiger partial charge is 0.268 e. The van der Waals surface area contributed by atoms with Gasteiger partial charge in [0.25, 0.3) is 11.8 Å². The summed E-state index contributed by atoms with van der Waals surface area (Å²) in [5.41, 5.74) is 3.53. The van der Waals surface area contributed by atoms with Crippen LogP contribution in [0, 0.1) is 0 Å². The van der Waals surface area contributed by atoms with Gasteiger partial charge >= 0.3 is 0 Å². The Hall–Kier alpha value is -2.83. The molecule has 7 heteroatoms. The lowest BCUT2D eigenvalue weighted by Crippen LogP contribution is -2.46. The van der Waals surface area contributed by atoms with E-state index in [2.05, 4.69) is 10.3 Å². The first-order chi connectivity index (χ1) is 14.0. The molecule has 0 unspecified atom stereocenters. The lowest BCUT2D eigenvalue weighted by molar-refractivity contribution is -0.133. The van der Waals surface area contributed by atoms with Gasteiger partial charge in [0.1, 0.15) is 5.69 Å². The maximum Gasteiger partial charge on any atom is 0.268 e. The van der Waals surface area contributed by atoms with E-state index in [4.69, 9.17) is 16.3 Å². The van der Waals surface area contributed by atoms with Crippen LogP contribution >= 0.6 is 11.6 Å². The first-order valence-electron chi connectivity index (χ1n) is 9.56. The molecule has 0 saturated carbocycles. The average Bonchev–Trinajstić information content (AvgIpc) is 3.37. The molecule has 1 fully saturated rings. The van der Waals surface area contributed by atoms with E-state index in [1.165, 1.54) is 0 Å². The number of nitrogens with zero attached hydrogens (tertiary/aromatic N) is 1. The van der Waals surface area contributed by atoms with Gasteiger partial charge in [-0.15, -0.1) is 0 Å². The molecule has 148 valence electrons. The van der Waals surface area contributed by atoms with Crippen molar-refractivity contribution >= 4 is 34.3 Å². The summed E-state index contributed by atoms with van der Waals surface area (Å²) >= 11 is 6.05. The molecule has 3 aromatic rings. The Bertz CT molecular complexity index is 1120. The van der Waals surface area contributed by atoms with E-state index < -0.39 is 0 Å². The molecule has 5 rings (SSSR count). The Morgan fingerprint density at radius 2 is 2.00 bits per heavy atom. The van der Waals surface area contributed by atoms with Crippen LogP contribution in [0.3, 0.4) is 0 Å². The predicted octanol–water partition coefficient (Wildman–Crippen LogP) is 3.07. The largest absolute Gasteiger partial charge is 0.363 e. The number of aromatic amines is 1. The van der Waals surface area contributed by atoms with Gasteiger partial charge in [0.2, 0.25) is 0 Å². The Balaban J connectivity index is 1.42. The van der Waals surface area contributed by atoms with Gasteiger partial charge in [0.15, 0.2) is 6.10 Å². The van der Waals surface area contributed by atoms with Crippen molar-refractivity contribution in [2.24, 2.45) is 0 Å². The van der Waals surface area contributed by atoms with Gasteiger partial charge in [0, 0.05) is 23.0 Å². The summed E-state index contributed by atoms with van der Waals surface area (Å²) < 4.78 is 5.17. The Kier molecular flexibility index (Phi) is 4.33. The van der Waals surface area contributed by atoms with Gasteiger partial charge in [-0.05, 0) is 41.8 Å². The van der Waals surface area contributed by atoms with Crippen molar-refractivity contribution in [1.82, 2.24) is 15.2 Å². The van der Waals surface area contributed by atoms with Crippen molar-refractivity contribution in [2.45, 2.75) is 24.6 Å². The van der Waals surface area contributed by atoms with E-state index in [1.54, 1.807) is 24.1 Å². The lowest BCUT2D eigenvalue weighted by Gasteiger charge is -2.30. The van der Waals surface area contributed by atoms with Crippen molar-refractivity contribution in [3.05, 3.63) is 70.4 Å². The number of halogens is 1. The number of likely N-dealkylation sites (N-methyl/N-ethyl adjacent to an activating group) is 1. The van der Waals surface area contributed by atoms with Gasteiger partial charge in [0.05, 0.1) is 18.7 Å². The molecule has 0 bridgehead atoms. The molecule has 2 N–H and O–H groups in total. The Morgan fingerprint density at radius 3 is 2.79 bits per heavy atom. The summed E-state index contributed by atoms with van der Waals surface area (Å²) in [6, 6.07) is 14.8. The van der Waals surface area contributed by atoms with E-state index in [1.807, 2.05) is 36.4 Å². The Labute approximate surface area is 172 Å². The van der Waals surface area contributed by atoms with Crippen molar-refractivity contribution in [1.29, 1.82) is 0 Å². The van der Waals surface area contributed by atoms with Crippen LogP contribution in [0.4, 0.5) is 0 Å². The topological polar surface area (TPSA) is 77.7 Å². The first kappa shape index (κ1) is 18.2. The predicted molar refractivity (Wildman–Crippen MR) is 110 cm³/mol. The highest BCUT2D eigenvalue weighted by Crippen LogP contribution is 2.36. The van der Waals surface area contributed by atoms with E-state index in [0.29, 0.717) is 23.7 Å². The second-order valence-electron chi connectivity index (χ2n) is 7.61. The molecule has 6 nitrogen and oxygen atoms in total. The number of H-pyrrole nitrogens is 1. The first-order valence-corrected chi connectivity index (χ1v) is 9.94. The fraction of sp³-hybridized carbons (Fsp3) is 0.273. The Morgan fingerprint density at radius 1 is 1.21 bits per heavy atom. The third-order valence-electron chi connectivity index (χ3n) is 5.71. The molecule has 2 amide bonds. The van der Waals surface area contributed by atoms with Gasteiger partial charge in [-0.1, -0.05) is 35.9 Å². The third-order valence-corrected chi connectivity index (χ3v) is 5.95. The quantitative estimate of drug-likeness (QED) is 0.650. The molecule has 29 heavy (non-hydrogen) atoms. The second-order valence-corrected chi connectivity index (χ2v) is 8.05. The molecule has 0 radical (unpaired) electrons. The summed E-state index contributed by atoms with van der Waals surface area (Å²) in [5, 5.41) is 4.63. The zero-order chi connectivity index (χ0) is 20.1. The van der Waals surface area contributed by atoms with E-state index in [9.17, 15) is 9.59 Å². The maximum absolute atomic E-state index is 13.0. The van der Waals surface area contributed by atoms with Crippen LogP contribution in [0.15, 0.2) is 48.5 Å². The van der Waals surface area contributed by atoms with Crippen LogP contribution in [-0.2, 0) is 16.0 Å². The van der Waals surface area contributed by atoms with Gasteiger partial charge in [-0.3, -0.25) is 9.59 Å². The summed E-state index contributed by atoms with van der Waals surface area (Å²) in [4.78, 5) is 30.5. The normalized spacial score (nSPS) is 22.3. The minimum Gasteiger partial charge on any atom is -0.363 e. The summed E-state index contributed by atoms with van der Waals surface area (Å²) in [6.45, 7) is 0.464. The average molecular weight is 410 g/mol. The number of benzene rings is 2. The summed E-state index contributed by atoms with van der Waals surface area (Å²) in [6.07, 6.45) is 0.310. The number of ether oxygens (including phenoxy) is 1. The van der Waals surface area contributed by atoms with Crippen LogP contribution in [0.2, 0.25) is 5.02 Å². The van der Waals surface area contributed by atoms with Crippen molar-refractivity contribution in [2.75, 3.05) is 13.7 Å². The molecule has 0 spiro atoms. The number of fused-ring (bicyclic) bond motifs is 2. The van der Waals surface area contributed by atoms with Crippen LogP contribution < -0.4 is 5.32 Å². The van der Waals surface area contributed by atoms with Gasteiger partial charge in [-0.25, -0.2) is 0 Å². The molecule has 1 aliphatic carbocycles. The molecule has 1 aromatic heterocycles. The highest BCUT2D eigenvalue weighted by atomic mass is 35.5. The number of nitrogens with one attached hydrogen (secondary N) is 2. The molecule has 2 heterocycles. The third kappa shape index (κ3) is 3.28. The second kappa shape index (κ2) is 6.90. The highest BCUT2D eigenvalue weighted by molar-refractivity contribution is 6.31. The van der Waals surface area contributed by atoms with Crippen LogP contribution in [0.1, 0.15) is 27.7 Å². The zero-order valence-corrected chi connectivity index (χ0v) is 16.6. The van der Waals surface area contributed by atoms with Crippen LogP contribution in [-0.4, -0.2) is 47.5 Å². The number of aromatic nitrogens is 1. The van der Waals surface area contributed by atoms with Crippen molar-refractivity contribution in [3.8, 4) is 0 Å². The standard InChI is InChI=1S/C22H20ClN3O3/c1-26(22(28)19-11-29-19)20-15-5-3-2-4-12(15)9-17(20)25-21(27)18-10-13-8-14(23)6-7-16(13)24-18/h2-8,10,17,19-20,24H,9,11H2,1H3,(H,25,27)/t17-,19-,20-/m1/s1. The molecule has 2 aromatic carbocycles. The van der Waals surface area contributed by atoms with Crippen LogP contribution in [0.5, 0.6) is 0 Å². The fourth-order valence-electron chi connectivity index (χ4n) is 4.21. The molecular weight excluding hydrogens is 390 g/mol. The number of hydrogen-bond donors (Lipinski definition) is 2. The molecule has 3 atom stereocenters. The van der Waals surface area contributed by atoms with Crippen molar-refractivity contribution in [3.63, 3.8) is 0 Å². The van der Waals surface area contributed by atoms with Crippen molar-refractivity contribution < 1.29 is 14.3 Å². The monoisotopic (exact) mass is 409 g/mol. The summed E-state index contributed by atoms with van der Waals surface area (Å²) in [5.74, 6) is -0.255. The highest BCUT2D eigenvalue weighted by Gasteiger charge is 2.42. The number of amides is 2. The number of epoxide rings is 1. The van der Waals surface area contributed by atoms with Crippen LogP contribution in [0.25, 0.3) is 10.9 Å². The molecule has 1 aliphatic heterocycles. The minimum absolute atomic E-state index is 0.0498. The number of carbonyl (C=O) groups excluding carboxylic acids is 2. The van der Waals surface area contributed by atoms with E-state index >= 15 is 0 Å². The fourth-order valence-corrected chi connectivity index (χ4v) is 4.39. The SMILES string of the molecule is CN(C(=O)[C@H]1CO1)[C@@H]1c2ccccc2C[C@H]1NC(=O)c1cc2cc(Cl)ccc2[nH]1. The lowest BCUT2D eigenvalue weighted by atomic mass is 10.0. The maximum atomic E-state index is 13.0. The summed E-state index contributed by atoms with van der Waals surface area (Å²) in [7, 11) is 1.78.